The van der Waals surface area contributed by atoms with Crippen LogP contribution in [0, 0.1) is 6.92 Å². The topological polar surface area (TPSA) is 90.0 Å². The Kier molecular flexibility index (Phi) is 5.44. The van der Waals surface area contributed by atoms with Crippen molar-refractivity contribution in [2.75, 3.05) is 0 Å². The van der Waals surface area contributed by atoms with Crippen LogP contribution in [0.5, 0.6) is 0 Å². The summed E-state index contributed by atoms with van der Waals surface area (Å²) in [5.41, 5.74) is 8.24. The lowest BCUT2D eigenvalue weighted by atomic mass is 10.1. The number of amides is 3. The maximum atomic E-state index is 11.8. The van der Waals surface area contributed by atoms with Gasteiger partial charge in [0.25, 0.3) is 0 Å². The van der Waals surface area contributed by atoms with Gasteiger partial charge in [-0.2, -0.15) is 0 Å². The molecule has 0 fully saturated rings. The van der Waals surface area contributed by atoms with Gasteiger partial charge in [-0.1, -0.05) is 41.6 Å². The quantitative estimate of drug-likeness (QED) is 0.823. The molecule has 23 heavy (non-hydrogen) atoms. The predicted molar refractivity (Wildman–Crippen MR) is 91.1 cm³/mol. The van der Waals surface area contributed by atoms with E-state index in [1.807, 2.05) is 18.4 Å². The van der Waals surface area contributed by atoms with Gasteiger partial charge in [-0.05, 0) is 26.3 Å². The maximum Gasteiger partial charge on any atom is 0.318 e. The second-order valence-corrected chi connectivity index (χ2v) is 6.46. The summed E-state index contributed by atoms with van der Waals surface area (Å²) < 4.78 is 2.05. The number of nitrogens with two attached hydrogens (primary N) is 1. The monoisotopic (exact) mass is 332 g/mol. The van der Waals surface area contributed by atoms with Crippen LogP contribution in [-0.2, 0) is 11.3 Å². The van der Waals surface area contributed by atoms with E-state index in [0.717, 1.165) is 23.0 Å². The van der Waals surface area contributed by atoms with Gasteiger partial charge in [-0.15, -0.1) is 0 Å². The zero-order valence-corrected chi connectivity index (χ0v) is 14.2. The number of benzene rings is 1. The molecule has 0 spiro atoms. The summed E-state index contributed by atoms with van der Waals surface area (Å²) >= 11 is 1.30. The van der Waals surface area contributed by atoms with E-state index in [1.54, 1.807) is 13.1 Å². The molecule has 0 bridgehead atoms. The molecule has 122 valence electrons. The minimum atomic E-state index is -0.846. The number of thioether (sulfide) groups is 1. The third-order valence-corrected chi connectivity index (χ3v) is 4.48. The molecule has 0 radical (unpaired) electrons. The van der Waals surface area contributed by atoms with E-state index in [2.05, 4.69) is 34.6 Å². The second-order valence-electron chi connectivity index (χ2n) is 5.15. The highest BCUT2D eigenvalue weighted by molar-refractivity contribution is 8.00. The summed E-state index contributed by atoms with van der Waals surface area (Å²) in [5.74, 6) is -0.426. The van der Waals surface area contributed by atoms with Crippen molar-refractivity contribution in [3.05, 3.63) is 36.0 Å². The third-order valence-electron chi connectivity index (χ3n) is 3.38. The Morgan fingerprint density at radius 3 is 2.57 bits per heavy atom. The van der Waals surface area contributed by atoms with Crippen molar-refractivity contribution in [3.63, 3.8) is 0 Å². The van der Waals surface area contributed by atoms with Crippen LogP contribution < -0.4 is 11.1 Å². The van der Waals surface area contributed by atoms with Crippen LogP contribution in [0.1, 0.15) is 19.4 Å². The number of hydrogen-bond acceptors (Lipinski definition) is 4. The average molecular weight is 332 g/mol. The van der Waals surface area contributed by atoms with Crippen LogP contribution in [0.4, 0.5) is 4.79 Å². The number of hydrogen-bond donors (Lipinski definition) is 2. The van der Waals surface area contributed by atoms with Gasteiger partial charge in [-0.25, -0.2) is 9.78 Å². The predicted octanol–water partition coefficient (Wildman–Crippen LogP) is 2.55. The summed E-state index contributed by atoms with van der Waals surface area (Å²) in [4.78, 5) is 27.0. The van der Waals surface area contributed by atoms with Crippen molar-refractivity contribution < 1.29 is 9.59 Å². The molecule has 1 atom stereocenters. The highest BCUT2D eigenvalue weighted by Gasteiger charge is 2.20. The molecule has 2 aromatic rings. The maximum absolute atomic E-state index is 11.8. The lowest BCUT2D eigenvalue weighted by molar-refractivity contribution is -0.119. The molecule has 0 saturated carbocycles. The number of nitrogens with one attached hydrogen (secondary N) is 1. The number of imidazole rings is 1. The van der Waals surface area contributed by atoms with Gasteiger partial charge in [0.2, 0.25) is 5.91 Å². The lowest BCUT2D eigenvalue weighted by Crippen LogP contribution is -2.39. The Labute approximate surface area is 139 Å². The van der Waals surface area contributed by atoms with Gasteiger partial charge in [0, 0.05) is 6.54 Å². The zero-order valence-electron chi connectivity index (χ0n) is 13.4. The Bertz CT molecular complexity index is 709. The highest BCUT2D eigenvalue weighted by atomic mass is 32.2. The van der Waals surface area contributed by atoms with E-state index < -0.39 is 17.2 Å². The normalized spacial score (nSPS) is 12.0. The zero-order chi connectivity index (χ0) is 17.0. The minimum absolute atomic E-state index is 0.426. The molecule has 7 heteroatoms. The van der Waals surface area contributed by atoms with Crippen molar-refractivity contribution in [1.82, 2.24) is 14.9 Å². The summed E-state index contributed by atoms with van der Waals surface area (Å²) in [7, 11) is 0. The Morgan fingerprint density at radius 2 is 2.00 bits per heavy atom. The molecule has 1 heterocycles. The van der Waals surface area contributed by atoms with Crippen LogP contribution in [0.2, 0.25) is 0 Å². The number of rotatable bonds is 5. The van der Waals surface area contributed by atoms with Gasteiger partial charge in [-0.3, -0.25) is 10.1 Å². The van der Waals surface area contributed by atoms with Gasteiger partial charge in [0.1, 0.15) is 0 Å². The van der Waals surface area contributed by atoms with E-state index >= 15 is 0 Å². The molecule has 0 aliphatic heterocycles. The molecule has 1 aromatic carbocycles. The molecule has 3 N–H and O–H groups in total. The Hall–Kier alpha value is -2.28. The fourth-order valence-corrected chi connectivity index (χ4v) is 3.10. The largest absolute Gasteiger partial charge is 0.351 e. The first kappa shape index (κ1) is 17.1. The van der Waals surface area contributed by atoms with Crippen molar-refractivity contribution in [3.8, 4) is 11.3 Å². The number of aryl methyl sites for hydroxylation is 1. The number of nitrogens with zero attached hydrogens (tertiary/aromatic N) is 2. The fraction of sp³-hybridized carbons (Fsp3) is 0.312. The molecule has 0 saturated heterocycles. The molecule has 0 aliphatic rings. The molecule has 3 amide bonds. The van der Waals surface area contributed by atoms with Crippen molar-refractivity contribution >= 4 is 23.7 Å². The standard InChI is InChI=1S/C16H20N4O2S/c1-4-20-13(12-7-5-10(2)6-8-12)9-18-16(20)23-11(3)14(21)19-15(17)22/h5-9,11H,4H2,1-3H3,(H3,17,19,21,22). The smallest absolute Gasteiger partial charge is 0.318 e. The number of aromatic nitrogens is 2. The molecule has 1 aromatic heterocycles. The third kappa shape index (κ3) is 4.13. The number of carbonyl (C=O) groups excluding carboxylic acids is 2. The van der Waals surface area contributed by atoms with E-state index in [0.29, 0.717) is 0 Å². The van der Waals surface area contributed by atoms with Gasteiger partial charge < -0.3 is 10.3 Å². The molecule has 1 unspecified atom stereocenters. The molecular weight excluding hydrogens is 312 g/mol. The molecule has 6 nitrogen and oxygen atoms in total. The van der Waals surface area contributed by atoms with Crippen LogP contribution in [-0.4, -0.2) is 26.7 Å². The van der Waals surface area contributed by atoms with Crippen LogP contribution in [0.15, 0.2) is 35.6 Å². The summed E-state index contributed by atoms with van der Waals surface area (Å²) in [6, 6.07) is 7.37. The van der Waals surface area contributed by atoms with Gasteiger partial charge in [0.05, 0.1) is 17.1 Å². The lowest BCUT2D eigenvalue weighted by Gasteiger charge is -2.12. The Morgan fingerprint density at radius 1 is 1.35 bits per heavy atom. The van der Waals surface area contributed by atoms with Crippen LogP contribution in [0.25, 0.3) is 11.3 Å². The summed E-state index contributed by atoms with van der Waals surface area (Å²) in [5, 5.41) is 2.35. The Balaban J connectivity index is 2.22. The van der Waals surface area contributed by atoms with E-state index in [9.17, 15) is 9.59 Å². The highest BCUT2D eigenvalue weighted by Crippen LogP contribution is 2.28. The van der Waals surface area contributed by atoms with E-state index in [-0.39, 0.29) is 0 Å². The van der Waals surface area contributed by atoms with Gasteiger partial charge >= 0.3 is 6.03 Å². The van der Waals surface area contributed by atoms with E-state index in [1.165, 1.54) is 17.3 Å². The van der Waals surface area contributed by atoms with Gasteiger partial charge in [0.15, 0.2) is 5.16 Å². The first-order valence-electron chi connectivity index (χ1n) is 7.32. The molecule has 0 aliphatic carbocycles. The fourth-order valence-electron chi connectivity index (χ4n) is 2.15. The number of carbonyl (C=O) groups is 2. The molecular formula is C16H20N4O2S. The minimum Gasteiger partial charge on any atom is -0.351 e. The van der Waals surface area contributed by atoms with Crippen molar-refractivity contribution in [1.29, 1.82) is 0 Å². The number of urea groups is 1. The van der Waals surface area contributed by atoms with E-state index in [4.69, 9.17) is 5.73 Å². The number of imide groups is 1. The first-order chi connectivity index (χ1) is 10.9. The SMILES string of the molecule is CCn1c(-c2ccc(C)cc2)cnc1SC(C)C(=O)NC(N)=O. The second kappa shape index (κ2) is 7.32. The average Bonchev–Trinajstić information content (AvgIpc) is 2.89. The van der Waals surface area contributed by atoms with Crippen LogP contribution in [0.3, 0.4) is 0 Å². The first-order valence-corrected chi connectivity index (χ1v) is 8.19. The summed E-state index contributed by atoms with van der Waals surface area (Å²) in [6.45, 7) is 6.51. The van der Waals surface area contributed by atoms with Crippen molar-refractivity contribution in [2.45, 2.75) is 37.7 Å². The molecule has 2 rings (SSSR count). The number of primary amides is 1. The summed E-state index contributed by atoms with van der Waals surface area (Å²) in [6.07, 6.45) is 1.80. The van der Waals surface area contributed by atoms with Crippen LogP contribution >= 0.6 is 11.8 Å². The van der Waals surface area contributed by atoms with Crippen molar-refractivity contribution in [2.24, 2.45) is 5.73 Å².